The SMILES string of the molecule is Cn1ncc(-c2nnn(Cc3ccc(C#N)cc3)n2)c1SCc1ccccc1. The molecule has 0 aliphatic rings. The highest BCUT2D eigenvalue weighted by atomic mass is 32.2. The summed E-state index contributed by atoms with van der Waals surface area (Å²) in [5.41, 5.74) is 3.76. The van der Waals surface area contributed by atoms with Crippen LogP contribution in [0.3, 0.4) is 0 Å². The Labute approximate surface area is 166 Å². The molecule has 0 fully saturated rings. The third-order valence-corrected chi connectivity index (χ3v) is 5.44. The fraction of sp³-hybridized carbons (Fsp3) is 0.150. The number of rotatable bonds is 6. The Kier molecular flexibility index (Phi) is 5.17. The second-order valence-corrected chi connectivity index (χ2v) is 7.18. The van der Waals surface area contributed by atoms with Crippen LogP contribution < -0.4 is 0 Å². The molecule has 0 radical (unpaired) electrons. The lowest BCUT2D eigenvalue weighted by atomic mass is 10.1. The zero-order valence-electron chi connectivity index (χ0n) is 15.2. The Hall–Kier alpha value is -3.44. The summed E-state index contributed by atoms with van der Waals surface area (Å²) in [5.74, 6) is 1.39. The first-order valence-electron chi connectivity index (χ1n) is 8.69. The molecule has 0 N–H and O–H groups in total. The maximum atomic E-state index is 8.89. The molecule has 0 spiro atoms. The van der Waals surface area contributed by atoms with E-state index >= 15 is 0 Å². The monoisotopic (exact) mass is 387 g/mol. The molecule has 2 heterocycles. The van der Waals surface area contributed by atoms with Gasteiger partial charge in [-0.2, -0.15) is 15.2 Å². The number of nitriles is 1. The molecule has 0 aliphatic carbocycles. The van der Waals surface area contributed by atoms with Crippen molar-refractivity contribution in [2.24, 2.45) is 7.05 Å². The third-order valence-electron chi connectivity index (χ3n) is 4.20. The summed E-state index contributed by atoms with van der Waals surface area (Å²) < 4.78 is 1.84. The first-order valence-corrected chi connectivity index (χ1v) is 9.67. The van der Waals surface area contributed by atoms with Gasteiger partial charge in [0.05, 0.1) is 29.9 Å². The van der Waals surface area contributed by atoms with E-state index in [0.717, 1.165) is 21.9 Å². The molecular formula is C20H17N7S. The predicted molar refractivity (Wildman–Crippen MR) is 106 cm³/mol. The van der Waals surface area contributed by atoms with Crippen molar-refractivity contribution in [2.75, 3.05) is 0 Å². The minimum Gasteiger partial charge on any atom is -0.261 e. The number of aromatic nitrogens is 6. The van der Waals surface area contributed by atoms with Gasteiger partial charge in [0.2, 0.25) is 5.82 Å². The summed E-state index contributed by atoms with van der Waals surface area (Å²) in [6.07, 6.45) is 1.77. The van der Waals surface area contributed by atoms with Gasteiger partial charge in [-0.15, -0.1) is 22.0 Å². The van der Waals surface area contributed by atoms with Crippen molar-refractivity contribution < 1.29 is 0 Å². The topological polar surface area (TPSA) is 85.2 Å². The number of hydrogen-bond donors (Lipinski definition) is 0. The minimum absolute atomic E-state index is 0.492. The molecule has 138 valence electrons. The summed E-state index contributed by atoms with van der Waals surface area (Å²) in [5, 5.41) is 27.1. The highest BCUT2D eigenvalue weighted by molar-refractivity contribution is 7.98. The van der Waals surface area contributed by atoms with Gasteiger partial charge in [-0.05, 0) is 28.5 Å². The van der Waals surface area contributed by atoms with Crippen LogP contribution in [0.25, 0.3) is 11.4 Å². The molecule has 28 heavy (non-hydrogen) atoms. The lowest BCUT2D eigenvalue weighted by Crippen LogP contribution is -2.04. The quantitative estimate of drug-likeness (QED) is 0.472. The average molecular weight is 387 g/mol. The molecule has 0 unspecified atom stereocenters. The lowest BCUT2D eigenvalue weighted by molar-refractivity contribution is 0.573. The number of nitrogens with zero attached hydrogens (tertiary/aromatic N) is 7. The van der Waals surface area contributed by atoms with Gasteiger partial charge in [-0.25, -0.2) is 0 Å². The van der Waals surface area contributed by atoms with Gasteiger partial charge in [0, 0.05) is 12.8 Å². The van der Waals surface area contributed by atoms with Crippen molar-refractivity contribution in [3.63, 3.8) is 0 Å². The maximum Gasteiger partial charge on any atom is 0.209 e. The zero-order valence-corrected chi connectivity index (χ0v) is 16.0. The summed E-state index contributed by atoms with van der Waals surface area (Å²) in [6, 6.07) is 19.8. The molecule has 0 amide bonds. The molecule has 0 bridgehead atoms. The van der Waals surface area contributed by atoms with E-state index in [2.05, 4.69) is 38.7 Å². The predicted octanol–water partition coefficient (Wildman–Crippen LogP) is 3.29. The smallest absolute Gasteiger partial charge is 0.209 e. The van der Waals surface area contributed by atoms with Crippen molar-refractivity contribution in [1.29, 1.82) is 5.26 Å². The van der Waals surface area contributed by atoms with Gasteiger partial charge in [-0.1, -0.05) is 42.5 Å². The number of aryl methyl sites for hydroxylation is 1. The molecule has 2 aromatic heterocycles. The molecule has 0 saturated carbocycles. The number of tetrazole rings is 1. The van der Waals surface area contributed by atoms with Gasteiger partial charge in [0.15, 0.2) is 0 Å². The van der Waals surface area contributed by atoms with Crippen LogP contribution in [0.15, 0.2) is 65.8 Å². The number of thioether (sulfide) groups is 1. The van der Waals surface area contributed by atoms with Crippen LogP contribution in [-0.4, -0.2) is 30.0 Å². The fourth-order valence-corrected chi connectivity index (χ4v) is 3.77. The zero-order chi connectivity index (χ0) is 19.3. The maximum absolute atomic E-state index is 8.89. The second kappa shape index (κ2) is 8.06. The van der Waals surface area contributed by atoms with Crippen LogP contribution in [0.1, 0.15) is 16.7 Å². The Morgan fingerprint density at radius 2 is 1.82 bits per heavy atom. The largest absolute Gasteiger partial charge is 0.261 e. The molecule has 0 atom stereocenters. The van der Waals surface area contributed by atoms with Crippen LogP contribution in [0.4, 0.5) is 0 Å². The van der Waals surface area contributed by atoms with E-state index in [1.165, 1.54) is 5.56 Å². The van der Waals surface area contributed by atoms with Gasteiger partial charge in [0.25, 0.3) is 0 Å². The summed E-state index contributed by atoms with van der Waals surface area (Å²) >= 11 is 1.70. The minimum atomic E-state index is 0.492. The highest BCUT2D eigenvalue weighted by Gasteiger charge is 2.16. The van der Waals surface area contributed by atoms with Crippen LogP contribution >= 0.6 is 11.8 Å². The van der Waals surface area contributed by atoms with Crippen molar-refractivity contribution >= 4 is 11.8 Å². The molecule has 4 aromatic rings. The van der Waals surface area contributed by atoms with Crippen LogP contribution in [0, 0.1) is 11.3 Å². The third kappa shape index (κ3) is 3.94. The van der Waals surface area contributed by atoms with Crippen LogP contribution in [0.5, 0.6) is 0 Å². The lowest BCUT2D eigenvalue weighted by Gasteiger charge is -2.04. The standard InChI is InChI=1S/C20H17N7S/c1-26-20(28-14-17-5-3-2-4-6-17)18(12-22-26)19-23-25-27(24-19)13-16-9-7-15(11-21)8-10-16/h2-10,12H,13-14H2,1H3. The molecule has 2 aromatic carbocycles. The Balaban J connectivity index is 1.51. The summed E-state index contributed by atoms with van der Waals surface area (Å²) in [7, 11) is 1.91. The van der Waals surface area contributed by atoms with Crippen molar-refractivity contribution in [1.82, 2.24) is 30.0 Å². The molecular weight excluding hydrogens is 370 g/mol. The van der Waals surface area contributed by atoms with E-state index in [0.29, 0.717) is 17.9 Å². The molecule has 7 nitrogen and oxygen atoms in total. The number of hydrogen-bond acceptors (Lipinski definition) is 6. The fourth-order valence-electron chi connectivity index (χ4n) is 2.74. The van der Waals surface area contributed by atoms with Gasteiger partial charge in [0.1, 0.15) is 5.03 Å². The van der Waals surface area contributed by atoms with Gasteiger partial charge >= 0.3 is 0 Å². The first kappa shape index (κ1) is 17.9. The van der Waals surface area contributed by atoms with Crippen molar-refractivity contribution in [2.45, 2.75) is 17.3 Å². The molecule has 0 saturated heterocycles. The van der Waals surface area contributed by atoms with Gasteiger partial charge < -0.3 is 0 Å². The van der Waals surface area contributed by atoms with Crippen molar-refractivity contribution in [3.05, 3.63) is 77.5 Å². The Morgan fingerprint density at radius 1 is 1.04 bits per heavy atom. The number of benzene rings is 2. The van der Waals surface area contributed by atoms with E-state index in [9.17, 15) is 0 Å². The van der Waals surface area contributed by atoms with E-state index < -0.39 is 0 Å². The Morgan fingerprint density at radius 3 is 2.57 bits per heavy atom. The van der Waals surface area contributed by atoms with E-state index in [1.54, 1.807) is 34.9 Å². The normalized spacial score (nSPS) is 10.7. The van der Waals surface area contributed by atoms with Crippen LogP contribution in [-0.2, 0) is 19.3 Å². The van der Waals surface area contributed by atoms with E-state index in [-0.39, 0.29) is 0 Å². The summed E-state index contributed by atoms with van der Waals surface area (Å²) in [6.45, 7) is 0.492. The van der Waals surface area contributed by atoms with Crippen LogP contribution in [0.2, 0.25) is 0 Å². The Bertz CT molecular complexity index is 1110. The van der Waals surface area contributed by atoms with Crippen molar-refractivity contribution in [3.8, 4) is 17.5 Å². The highest BCUT2D eigenvalue weighted by Crippen LogP contribution is 2.30. The van der Waals surface area contributed by atoms with Gasteiger partial charge in [-0.3, -0.25) is 4.68 Å². The average Bonchev–Trinajstić information content (AvgIpc) is 3.34. The molecule has 4 rings (SSSR count). The second-order valence-electron chi connectivity index (χ2n) is 6.21. The summed E-state index contributed by atoms with van der Waals surface area (Å²) in [4.78, 5) is 1.55. The first-order chi connectivity index (χ1) is 13.7. The molecule has 0 aliphatic heterocycles. The van der Waals surface area contributed by atoms with E-state index in [1.807, 2.05) is 42.1 Å². The van der Waals surface area contributed by atoms with E-state index in [4.69, 9.17) is 5.26 Å². The molecule has 8 heteroatoms.